The van der Waals surface area contributed by atoms with Gasteiger partial charge in [0.25, 0.3) is 21.8 Å². The van der Waals surface area contributed by atoms with Crippen molar-refractivity contribution in [3.63, 3.8) is 0 Å². The van der Waals surface area contributed by atoms with Crippen LogP contribution in [0.2, 0.25) is 0 Å². The molecule has 3 rings (SSSR count). The Morgan fingerprint density at radius 2 is 1.45 bits per heavy atom. The van der Waals surface area contributed by atoms with E-state index in [2.05, 4.69) is 15.4 Å². The van der Waals surface area contributed by atoms with Crippen molar-refractivity contribution in [3.8, 4) is 0 Å². The van der Waals surface area contributed by atoms with Crippen LogP contribution in [0, 0.1) is 12.7 Å². The number of halogens is 1. The topological polar surface area (TPSA) is 104 Å². The van der Waals surface area contributed by atoms with Gasteiger partial charge in [-0.2, -0.15) is 0 Å². The predicted molar refractivity (Wildman–Crippen MR) is 116 cm³/mol. The first kappa shape index (κ1) is 22.0. The molecule has 0 spiro atoms. The third-order valence-corrected chi connectivity index (χ3v) is 5.82. The zero-order valence-electron chi connectivity index (χ0n) is 16.8. The SMILES string of the molecule is CNC(=O)c1cccc(NC(=O)c2cccc(NS(=O)(=O)c3ccc(C)c(F)c3)c2)c1. The highest BCUT2D eigenvalue weighted by Crippen LogP contribution is 2.20. The van der Waals surface area contributed by atoms with Crippen molar-refractivity contribution in [1.82, 2.24) is 5.32 Å². The number of hydrogen-bond acceptors (Lipinski definition) is 4. The molecule has 160 valence electrons. The van der Waals surface area contributed by atoms with Crippen LogP contribution in [0.3, 0.4) is 0 Å². The van der Waals surface area contributed by atoms with Gasteiger partial charge in [0.2, 0.25) is 0 Å². The first-order chi connectivity index (χ1) is 14.7. The molecule has 9 heteroatoms. The summed E-state index contributed by atoms with van der Waals surface area (Å²) in [7, 11) is -2.53. The van der Waals surface area contributed by atoms with E-state index >= 15 is 0 Å². The lowest BCUT2D eigenvalue weighted by Crippen LogP contribution is -2.18. The van der Waals surface area contributed by atoms with Gasteiger partial charge >= 0.3 is 0 Å². The first-order valence-corrected chi connectivity index (χ1v) is 10.7. The largest absolute Gasteiger partial charge is 0.355 e. The Bertz CT molecular complexity index is 1260. The van der Waals surface area contributed by atoms with Gasteiger partial charge in [-0.15, -0.1) is 0 Å². The van der Waals surface area contributed by atoms with Crippen LogP contribution in [-0.2, 0) is 10.0 Å². The molecule has 31 heavy (non-hydrogen) atoms. The highest BCUT2D eigenvalue weighted by atomic mass is 32.2. The minimum Gasteiger partial charge on any atom is -0.355 e. The molecule has 2 amide bonds. The molecular weight excluding hydrogens is 421 g/mol. The second kappa shape index (κ2) is 8.97. The smallest absolute Gasteiger partial charge is 0.261 e. The summed E-state index contributed by atoms with van der Waals surface area (Å²) in [6.45, 7) is 1.53. The molecule has 0 aliphatic rings. The van der Waals surface area contributed by atoms with Crippen molar-refractivity contribution in [2.75, 3.05) is 17.1 Å². The molecule has 3 aromatic carbocycles. The standard InChI is InChI=1S/C22H20FN3O4S/c1-14-9-10-19(13-20(14)23)31(29,30)26-18-8-4-6-16(12-18)22(28)25-17-7-3-5-15(11-17)21(27)24-2/h3-13,26H,1-2H3,(H,24,27)(H,25,28). The molecule has 7 nitrogen and oxygen atoms in total. The third-order valence-electron chi connectivity index (χ3n) is 4.44. The molecule has 0 bridgehead atoms. The maximum absolute atomic E-state index is 13.8. The van der Waals surface area contributed by atoms with Crippen LogP contribution in [0.5, 0.6) is 0 Å². The van der Waals surface area contributed by atoms with Crippen LogP contribution in [0.25, 0.3) is 0 Å². The van der Waals surface area contributed by atoms with Crippen molar-refractivity contribution in [2.24, 2.45) is 0 Å². The van der Waals surface area contributed by atoms with E-state index in [0.29, 0.717) is 16.8 Å². The van der Waals surface area contributed by atoms with Crippen molar-refractivity contribution in [3.05, 3.63) is 89.2 Å². The third kappa shape index (κ3) is 5.26. The number of anilines is 2. The molecule has 0 aromatic heterocycles. The van der Waals surface area contributed by atoms with E-state index in [1.165, 1.54) is 56.4 Å². The molecule has 0 saturated carbocycles. The molecule has 0 atom stereocenters. The average molecular weight is 441 g/mol. The van der Waals surface area contributed by atoms with Gasteiger partial charge < -0.3 is 10.6 Å². The lowest BCUT2D eigenvalue weighted by molar-refractivity contribution is 0.0961. The fraction of sp³-hybridized carbons (Fsp3) is 0.0909. The number of carbonyl (C=O) groups excluding carboxylic acids is 2. The number of benzene rings is 3. The van der Waals surface area contributed by atoms with E-state index in [-0.39, 0.29) is 22.1 Å². The monoisotopic (exact) mass is 441 g/mol. The van der Waals surface area contributed by atoms with Crippen LogP contribution in [0.15, 0.2) is 71.6 Å². The summed E-state index contributed by atoms with van der Waals surface area (Å²) in [5.41, 5.74) is 1.46. The Hall–Kier alpha value is -3.72. The number of hydrogen-bond donors (Lipinski definition) is 3. The number of carbonyl (C=O) groups is 2. The number of amides is 2. The van der Waals surface area contributed by atoms with Crippen molar-refractivity contribution in [2.45, 2.75) is 11.8 Å². The second-order valence-corrected chi connectivity index (χ2v) is 8.39. The molecule has 3 N–H and O–H groups in total. The molecule has 0 fully saturated rings. The van der Waals surface area contributed by atoms with Crippen molar-refractivity contribution in [1.29, 1.82) is 0 Å². The lowest BCUT2D eigenvalue weighted by Gasteiger charge is -2.11. The van der Waals surface area contributed by atoms with Crippen molar-refractivity contribution >= 4 is 33.2 Å². The van der Waals surface area contributed by atoms with Gasteiger partial charge in [0.1, 0.15) is 5.82 Å². The molecule has 0 heterocycles. The fourth-order valence-electron chi connectivity index (χ4n) is 2.76. The average Bonchev–Trinajstić information content (AvgIpc) is 2.75. The van der Waals surface area contributed by atoms with Gasteiger partial charge in [-0.25, -0.2) is 12.8 Å². The summed E-state index contributed by atoms with van der Waals surface area (Å²) < 4.78 is 41.2. The van der Waals surface area contributed by atoms with E-state index in [0.717, 1.165) is 6.07 Å². The Morgan fingerprint density at radius 3 is 2.10 bits per heavy atom. The molecule has 0 aliphatic carbocycles. The number of nitrogens with one attached hydrogen (secondary N) is 3. The summed E-state index contributed by atoms with van der Waals surface area (Å²) in [5.74, 6) is -1.41. The van der Waals surface area contributed by atoms with E-state index in [1.54, 1.807) is 18.2 Å². The quantitative estimate of drug-likeness (QED) is 0.544. The maximum atomic E-state index is 13.8. The molecular formula is C22H20FN3O4S. The summed E-state index contributed by atoms with van der Waals surface area (Å²) in [5, 5.41) is 5.17. The van der Waals surface area contributed by atoms with Crippen LogP contribution in [0.4, 0.5) is 15.8 Å². The van der Waals surface area contributed by atoms with Gasteiger partial charge in [-0.3, -0.25) is 14.3 Å². The van der Waals surface area contributed by atoms with Crippen molar-refractivity contribution < 1.29 is 22.4 Å². The first-order valence-electron chi connectivity index (χ1n) is 9.22. The van der Waals surface area contributed by atoms with E-state index < -0.39 is 21.7 Å². The number of rotatable bonds is 6. The summed E-state index contributed by atoms with van der Waals surface area (Å²) in [6, 6.07) is 15.9. The predicted octanol–water partition coefficient (Wildman–Crippen LogP) is 3.55. The van der Waals surface area contributed by atoms with Gasteiger partial charge in [-0.05, 0) is 61.0 Å². The highest BCUT2D eigenvalue weighted by molar-refractivity contribution is 7.92. The van der Waals surface area contributed by atoms with E-state index in [1.807, 2.05) is 0 Å². The van der Waals surface area contributed by atoms with Gasteiger partial charge in [0, 0.05) is 29.5 Å². The lowest BCUT2D eigenvalue weighted by atomic mass is 10.1. The zero-order valence-corrected chi connectivity index (χ0v) is 17.6. The Labute approximate surface area is 179 Å². The van der Waals surface area contributed by atoms with Gasteiger partial charge in [-0.1, -0.05) is 18.2 Å². The van der Waals surface area contributed by atoms with Crippen LogP contribution < -0.4 is 15.4 Å². The molecule has 0 saturated heterocycles. The van der Waals surface area contributed by atoms with E-state index in [4.69, 9.17) is 0 Å². The molecule has 0 aliphatic heterocycles. The van der Waals surface area contributed by atoms with Crippen LogP contribution in [0.1, 0.15) is 26.3 Å². The molecule has 0 unspecified atom stereocenters. The second-order valence-electron chi connectivity index (χ2n) is 6.71. The maximum Gasteiger partial charge on any atom is 0.261 e. The van der Waals surface area contributed by atoms with Crippen LogP contribution >= 0.6 is 0 Å². The Kier molecular flexibility index (Phi) is 6.36. The van der Waals surface area contributed by atoms with Gasteiger partial charge in [0.05, 0.1) is 4.90 Å². The highest BCUT2D eigenvalue weighted by Gasteiger charge is 2.17. The Balaban J connectivity index is 1.79. The zero-order chi connectivity index (χ0) is 22.6. The minimum absolute atomic E-state index is 0.146. The summed E-state index contributed by atoms with van der Waals surface area (Å²) in [6.07, 6.45) is 0. The summed E-state index contributed by atoms with van der Waals surface area (Å²) in [4.78, 5) is 24.1. The Morgan fingerprint density at radius 1 is 0.839 bits per heavy atom. The number of aryl methyl sites for hydroxylation is 1. The van der Waals surface area contributed by atoms with Gasteiger partial charge in [0.15, 0.2) is 0 Å². The van der Waals surface area contributed by atoms with E-state index in [9.17, 15) is 22.4 Å². The number of sulfonamides is 1. The summed E-state index contributed by atoms with van der Waals surface area (Å²) >= 11 is 0. The molecule has 3 aromatic rings. The minimum atomic E-state index is -4.04. The van der Waals surface area contributed by atoms with Crippen LogP contribution in [-0.4, -0.2) is 27.3 Å². The fourth-order valence-corrected chi connectivity index (χ4v) is 3.83. The molecule has 0 radical (unpaired) electrons. The normalized spacial score (nSPS) is 10.9.